The highest BCUT2D eigenvalue weighted by atomic mass is 32.2. The van der Waals surface area contributed by atoms with Crippen LogP contribution in [0.25, 0.3) is 0 Å². The lowest BCUT2D eigenvalue weighted by molar-refractivity contribution is 0.257. The Morgan fingerprint density at radius 2 is 1.81 bits per heavy atom. The fraction of sp³-hybridized carbons (Fsp3) is 0.625. The van der Waals surface area contributed by atoms with Crippen LogP contribution in [0.3, 0.4) is 0 Å². The molecule has 5 heteroatoms. The summed E-state index contributed by atoms with van der Waals surface area (Å²) in [7, 11) is -3.47. The fourth-order valence-corrected chi connectivity index (χ4v) is 4.61. The molecule has 0 saturated heterocycles. The number of nitrogens with two attached hydrogens (primary N) is 1. The summed E-state index contributed by atoms with van der Waals surface area (Å²) in [5.74, 6) is 1.13. The van der Waals surface area contributed by atoms with Gasteiger partial charge in [0, 0.05) is 12.1 Å². The molecule has 3 N–H and O–H groups in total. The summed E-state index contributed by atoms with van der Waals surface area (Å²) in [6.45, 7) is 6.23. The molecule has 0 bridgehead atoms. The number of hydrogen-bond donors (Lipinski definition) is 2. The van der Waals surface area contributed by atoms with Crippen LogP contribution < -0.4 is 10.5 Å². The smallest absolute Gasteiger partial charge is 0.240 e. The number of nitrogens with one attached hydrogen (secondary N) is 1. The molecule has 0 heterocycles. The lowest BCUT2D eigenvalue weighted by Gasteiger charge is -2.31. The third kappa shape index (κ3) is 4.28. The molecule has 3 unspecified atom stereocenters. The van der Waals surface area contributed by atoms with E-state index in [2.05, 4.69) is 18.6 Å². The highest BCUT2D eigenvalue weighted by molar-refractivity contribution is 7.89. The Balaban J connectivity index is 2.16. The maximum absolute atomic E-state index is 12.5. The largest absolute Gasteiger partial charge is 0.324 e. The van der Waals surface area contributed by atoms with E-state index in [1.807, 2.05) is 13.0 Å². The van der Waals surface area contributed by atoms with E-state index in [9.17, 15) is 8.42 Å². The lowest BCUT2D eigenvalue weighted by atomic mass is 9.81. The summed E-state index contributed by atoms with van der Waals surface area (Å²) in [4.78, 5) is 0.308. The predicted molar refractivity (Wildman–Crippen MR) is 85.3 cm³/mol. The van der Waals surface area contributed by atoms with Gasteiger partial charge in [-0.25, -0.2) is 13.1 Å². The zero-order valence-electron chi connectivity index (χ0n) is 13.0. The Morgan fingerprint density at radius 3 is 2.38 bits per heavy atom. The summed E-state index contributed by atoms with van der Waals surface area (Å²) in [6.07, 6.45) is 3.01. The molecule has 4 nitrogen and oxygen atoms in total. The van der Waals surface area contributed by atoms with E-state index in [0.29, 0.717) is 16.7 Å². The van der Waals surface area contributed by atoms with Crippen LogP contribution in [-0.2, 0) is 10.0 Å². The Labute approximate surface area is 128 Å². The summed E-state index contributed by atoms with van der Waals surface area (Å²) in [6, 6.07) is 6.77. The molecular weight excluding hydrogens is 284 g/mol. The van der Waals surface area contributed by atoms with Crippen molar-refractivity contribution in [3.8, 4) is 0 Å². The van der Waals surface area contributed by atoms with Gasteiger partial charge in [0.2, 0.25) is 10.0 Å². The molecule has 1 saturated carbocycles. The van der Waals surface area contributed by atoms with Crippen LogP contribution in [0.2, 0.25) is 0 Å². The normalized spacial score (nSPS) is 28.3. The Kier molecular flexibility index (Phi) is 5.07. The van der Waals surface area contributed by atoms with E-state index in [-0.39, 0.29) is 12.1 Å². The molecule has 118 valence electrons. The average Bonchev–Trinajstić information content (AvgIpc) is 2.37. The first-order chi connectivity index (χ1) is 9.78. The van der Waals surface area contributed by atoms with Crippen molar-refractivity contribution in [2.24, 2.45) is 17.6 Å². The molecule has 0 spiro atoms. The predicted octanol–water partition coefficient (Wildman–Crippen LogP) is 2.81. The lowest BCUT2D eigenvalue weighted by Crippen LogP contribution is -2.40. The van der Waals surface area contributed by atoms with Gasteiger partial charge in [0.1, 0.15) is 0 Å². The first-order valence-corrected chi connectivity index (χ1v) is 9.14. The van der Waals surface area contributed by atoms with Gasteiger partial charge in [0.15, 0.2) is 0 Å². The Hall–Kier alpha value is -0.910. The minimum Gasteiger partial charge on any atom is -0.324 e. The van der Waals surface area contributed by atoms with E-state index >= 15 is 0 Å². The summed E-state index contributed by atoms with van der Waals surface area (Å²) >= 11 is 0. The van der Waals surface area contributed by atoms with Crippen molar-refractivity contribution >= 4 is 10.0 Å². The third-order valence-corrected chi connectivity index (χ3v) is 5.71. The van der Waals surface area contributed by atoms with Gasteiger partial charge < -0.3 is 5.73 Å². The highest BCUT2D eigenvalue weighted by Gasteiger charge is 2.28. The van der Waals surface area contributed by atoms with Crippen molar-refractivity contribution in [1.82, 2.24) is 4.72 Å². The van der Waals surface area contributed by atoms with Crippen molar-refractivity contribution < 1.29 is 8.42 Å². The van der Waals surface area contributed by atoms with Gasteiger partial charge >= 0.3 is 0 Å². The summed E-state index contributed by atoms with van der Waals surface area (Å²) < 4.78 is 27.9. The van der Waals surface area contributed by atoms with Gasteiger partial charge in [0.25, 0.3) is 0 Å². The van der Waals surface area contributed by atoms with E-state index in [1.165, 1.54) is 6.42 Å². The van der Waals surface area contributed by atoms with Crippen LogP contribution in [-0.4, -0.2) is 14.5 Å². The monoisotopic (exact) mass is 310 g/mol. The number of benzene rings is 1. The quantitative estimate of drug-likeness (QED) is 0.898. The van der Waals surface area contributed by atoms with E-state index in [4.69, 9.17) is 5.73 Å². The van der Waals surface area contributed by atoms with Gasteiger partial charge in [-0.2, -0.15) is 0 Å². The van der Waals surface area contributed by atoms with Gasteiger partial charge in [-0.05, 0) is 55.7 Å². The summed E-state index contributed by atoms with van der Waals surface area (Å²) in [5, 5.41) is 0. The maximum Gasteiger partial charge on any atom is 0.240 e. The summed E-state index contributed by atoms with van der Waals surface area (Å²) in [5.41, 5.74) is 6.67. The minimum absolute atomic E-state index is 0.0349. The van der Waals surface area contributed by atoms with Crippen LogP contribution >= 0.6 is 0 Å². The second kappa shape index (κ2) is 6.46. The van der Waals surface area contributed by atoms with Gasteiger partial charge in [-0.1, -0.05) is 26.0 Å². The molecule has 1 aromatic rings. The molecule has 0 amide bonds. The first kappa shape index (κ1) is 16.5. The van der Waals surface area contributed by atoms with Gasteiger partial charge in [0.05, 0.1) is 4.90 Å². The average molecular weight is 310 g/mol. The molecule has 1 aliphatic carbocycles. The molecule has 21 heavy (non-hydrogen) atoms. The number of hydrogen-bond acceptors (Lipinski definition) is 3. The van der Waals surface area contributed by atoms with Gasteiger partial charge in [-0.15, -0.1) is 0 Å². The fourth-order valence-electron chi connectivity index (χ4n) is 3.30. The third-order valence-electron chi connectivity index (χ3n) is 4.19. The maximum atomic E-state index is 12.5. The molecule has 1 fully saturated rings. The second-order valence-electron chi connectivity index (χ2n) is 6.60. The van der Waals surface area contributed by atoms with E-state index in [1.54, 1.807) is 18.2 Å². The number of sulfonamides is 1. The van der Waals surface area contributed by atoms with Gasteiger partial charge in [-0.3, -0.25) is 0 Å². The van der Waals surface area contributed by atoms with Crippen LogP contribution in [0, 0.1) is 11.8 Å². The molecular formula is C16H26N2O2S. The Morgan fingerprint density at radius 1 is 1.19 bits per heavy atom. The molecule has 0 radical (unpaired) electrons. The first-order valence-electron chi connectivity index (χ1n) is 7.66. The highest BCUT2D eigenvalue weighted by Crippen LogP contribution is 2.29. The Bertz CT molecular complexity index is 574. The van der Waals surface area contributed by atoms with E-state index < -0.39 is 10.0 Å². The van der Waals surface area contributed by atoms with Crippen LogP contribution in [0.5, 0.6) is 0 Å². The molecule has 0 aliphatic heterocycles. The number of rotatable bonds is 4. The molecule has 1 aliphatic rings. The zero-order chi connectivity index (χ0) is 15.6. The topological polar surface area (TPSA) is 72.2 Å². The van der Waals surface area contributed by atoms with Crippen molar-refractivity contribution in [2.45, 2.75) is 57.0 Å². The van der Waals surface area contributed by atoms with Crippen molar-refractivity contribution in [3.63, 3.8) is 0 Å². The van der Waals surface area contributed by atoms with Crippen molar-refractivity contribution in [3.05, 3.63) is 29.8 Å². The standard InChI is InChI=1S/C16H26N2O2S/c1-11-7-12(2)9-15(8-11)18-21(19,20)16-6-4-5-14(10-16)13(3)17/h4-6,10-13,15,18H,7-9,17H2,1-3H3. The SMILES string of the molecule is CC1CC(C)CC(NS(=O)(=O)c2cccc(C(C)N)c2)C1. The minimum atomic E-state index is -3.47. The molecule has 2 rings (SSSR count). The van der Waals surface area contributed by atoms with Crippen molar-refractivity contribution in [1.29, 1.82) is 0 Å². The zero-order valence-corrected chi connectivity index (χ0v) is 13.9. The molecule has 0 aromatic heterocycles. The van der Waals surface area contributed by atoms with Crippen LogP contribution in [0.4, 0.5) is 0 Å². The second-order valence-corrected chi connectivity index (χ2v) is 8.31. The van der Waals surface area contributed by atoms with Crippen LogP contribution in [0.1, 0.15) is 51.6 Å². The molecule has 3 atom stereocenters. The van der Waals surface area contributed by atoms with Crippen LogP contribution in [0.15, 0.2) is 29.2 Å². The van der Waals surface area contributed by atoms with Crippen molar-refractivity contribution in [2.75, 3.05) is 0 Å². The van der Waals surface area contributed by atoms with E-state index in [0.717, 1.165) is 18.4 Å². The molecule has 1 aromatic carbocycles.